The highest BCUT2D eigenvalue weighted by molar-refractivity contribution is 7.99. The van der Waals surface area contributed by atoms with Crippen molar-refractivity contribution in [1.29, 1.82) is 0 Å². The van der Waals surface area contributed by atoms with Gasteiger partial charge in [0.05, 0.1) is 12.2 Å². The van der Waals surface area contributed by atoms with Crippen LogP contribution in [-0.4, -0.2) is 66.9 Å². The van der Waals surface area contributed by atoms with Gasteiger partial charge in [-0.25, -0.2) is 0 Å². The van der Waals surface area contributed by atoms with Gasteiger partial charge < -0.3 is 14.1 Å². The van der Waals surface area contributed by atoms with Gasteiger partial charge in [-0.15, -0.1) is 10.2 Å². The Bertz CT molecular complexity index is 958. The molecule has 0 saturated carbocycles. The molecule has 0 spiro atoms. The minimum absolute atomic E-state index is 0.190. The molecular formula is C21H28N6O2S. The quantitative estimate of drug-likeness (QED) is 0.585. The lowest BCUT2D eigenvalue weighted by Gasteiger charge is -2.41. The molecule has 0 amide bonds. The van der Waals surface area contributed by atoms with Crippen LogP contribution in [0.15, 0.2) is 51.3 Å². The molecule has 4 rings (SSSR count). The molecule has 1 N–H and O–H groups in total. The van der Waals surface area contributed by atoms with Crippen LogP contribution in [0.1, 0.15) is 23.6 Å². The fourth-order valence-electron chi connectivity index (χ4n) is 3.80. The molecule has 0 radical (unpaired) electrons. The molecule has 1 aliphatic heterocycles. The van der Waals surface area contributed by atoms with Crippen LogP contribution in [0.3, 0.4) is 0 Å². The second kappa shape index (κ2) is 9.74. The van der Waals surface area contributed by atoms with E-state index in [4.69, 9.17) is 4.42 Å². The molecule has 1 atom stereocenters. The van der Waals surface area contributed by atoms with Crippen molar-refractivity contribution in [3.63, 3.8) is 0 Å². The Morgan fingerprint density at radius 2 is 2.10 bits per heavy atom. The largest absolute Gasteiger partial charge is 0.453 e. The van der Waals surface area contributed by atoms with Crippen LogP contribution >= 0.6 is 11.8 Å². The first-order valence-corrected chi connectivity index (χ1v) is 11.0. The van der Waals surface area contributed by atoms with E-state index < -0.39 is 0 Å². The first-order valence-electron chi connectivity index (χ1n) is 10.2. The second-order valence-corrected chi connectivity index (χ2v) is 8.66. The fourth-order valence-corrected chi connectivity index (χ4v) is 4.54. The molecule has 0 bridgehead atoms. The standard InChI is InChI=1S/C21H28N6O2S/c1-16-4-3-5-17(23-16)12-27-10-9-26(13-18(27)8-11-28)14-19-6-7-20(29-19)30-21-24-22-15-25(21)2/h3-7,15,18,28H,8-14H2,1-2H3. The summed E-state index contributed by atoms with van der Waals surface area (Å²) >= 11 is 1.47. The Hall–Kier alpha value is -2.20. The van der Waals surface area contributed by atoms with E-state index in [0.29, 0.717) is 6.04 Å². The Morgan fingerprint density at radius 1 is 1.20 bits per heavy atom. The molecule has 0 aromatic carbocycles. The van der Waals surface area contributed by atoms with Crippen molar-refractivity contribution in [2.75, 3.05) is 26.2 Å². The van der Waals surface area contributed by atoms with Crippen molar-refractivity contribution >= 4 is 11.8 Å². The molecule has 3 aromatic rings. The monoisotopic (exact) mass is 428 g/mol. The van der Waals surface area contributed by atoms with Crippen LogP contribution in [0.4, 0.5) is 0 Å². The molecule has 30 heavy (non-hydrogen) atoms. The van der Waals surface area contributed by atoms with Crippen LogP contribution in [0.2, 0.25) is 0 Å². The number of hydrogen-bond donors (Lipinski definition) is 1. The first-order chi connectivity index (χ1) is 14.6. The summed E-state index contributed by atoms with van der Waals surface area (Å²) < 4.78 is 7.88. The van der Waals surface area contributed by atoms with Crippen LogP contribution in [0.25, 0.3) is 0 Å². The summed E-state index contributed by atoms with van der Waals surface area (Å²) in [6.45, 7) is 6.60. The van der Waals surface area contributed by atoms with Crippen molar-refractivity contribution in [3.05, 3.63) is 53.8 Å². The molecule has 160 valence electrons. The van der Waals surface area contributed by atoms with Crippen LogP contribution in [0.5, 0.6) is 0 Å². The minimum Gasteiger partial charge on any atom is -0.453 e. The van der Waals surface area contributed by atoms with Crippen molar-refractivity contribution in [3.8, 4) is 0 Å². The van der Waals surface area contributed by atoms with Gasteiger partial charge in [0.25, 0.3) is 0 Å². The van der Waals surface area contributed by atoms with E-state index in [1.54, 1.807) is 6.33 Å². The van der Waals surface area contributed by atoms with Crippen LogP contribution < -0.4 is 0 Å². The molecular weight excluding hydrogens is 400 g/mol. The lowest BCUT2D eigenvalue weighted by atomic mass is 10.1. The van der Waals surface area contributed by atoms with Gasteiger partial charge in [-0.3, -0.25) is 14.8 Å². The summed E-state index contributed by atoms with van der Waals surface area (Å²) in [4.78, 5) is 9.48. The van der Waals surface area contributed by atoms with Crippen molar-refractivity contribution < 1.29 is 9.52 Å². The number of hydrogen-bond acceptors (Lipinski definition) is 8. The van der Waals surface area contributed by atoms with Gasteiger partial charge in [0, 0.05) is 51.6 Å². The van der Waals surface area contributed by atoms with Crippen molar-refractivity contribution in [1.82, 2.24) is 29.5 Å². The highest BCUT2D eigenvalue weighted by Gasteiger charge is 2.27. The van der Waals surface area contributed by atoms with E-state index in [0.717, 1.165) is 66.5 Å². The summed E-state index contributed by atoms with van der Waals surface area (Å²) in [6, 6.07) is 10.5. The molecule has 1 fully saturated rings. The maximum absolute atomic E-state index is 9.58. The lowest BCUT2D eigenvalue weighted by molar-refractivity contribution is 0.0455. The Morgan fingerprint density at radius 3 is 2.87 bits per heavy atom. The minimum atomic E-state index is 0.190. The molecule has 3 aromatic heterocycles. The van der Waals surface area contributed by atoms with E-state index in [9.17, 15) is 5.11 Å². The second-order valence-electron chi connectivity index (χ2n) is 7.69. The normalized spacial score (nSPS) is 18.2. The average molecular weight is 429 g/mol. The first kappa shape index (κ1) is 21.0. The zero-order valence-electron chi connectivity index (χ0n) is 17.4. The summed E-state index contributed by atoms with van der Waals surface area (Å²) in [5.41, 5.74) is 2.13. The zero-order chi connectivity index (χ0) is 20.9. The fraction of sp³-hybridized carbons (Fsp3) is 0.476. The highest BCUT2D eigenvalue weighted by atomic mass is 32.2. The van der Waals surface area contributed by atoms with E-state index in [-0.39, 0.29) is 6.61 Å². The summed E-state index contributed by atoms with van der Waals surface area (Å²) in [5.74, 6) is 0.941. The van der Waals surface area contributed by atoms with E-state index >= 15 is 0 Å². The Kier molecular flexibility index (Phi) is 6.83. The van der Waals surface area contributed by atoms with E-state index in [1.807, 2.05) is 36.7 Å². The van der Waals surface area contributed by atoms with Gasteiger partial charge >= 0.3 is 0 Å². The third-order valence-corrected chi connectivity index (χ3v) is 6.31. The molecule has 8 nitrogen and oxygen atoms in total. The third-order valence-electron chi connectivity index (χ3n) is 5.34. The number of piperazine rings is 1. The number of aliphatic hydroxyl groups excluding tert-OH is 1. The number of pyridine rings is 1. The zero-order valence-corrected chi connectivity index (χ0v) is 18.3. The van der Waals surface area contributed by atoms with Gasteiger partial charge in [0.1, 0.15) is 12.1 Å². The molecule has 4 heterocycles. The SMILES string of the molecule is Cc1cccc(CN2CCN(Cc3ccc(Sc4nncn4C)o3)CC2CCO)n1. The maximum Gasteiger partial charge on any atom is 0.198 e. The van der Waals surface area contributed by atoms with E-state index in [2.05, 4.69) is 37.1 Å². The van der Waals surface area contributed by atoms with Crippen LogP contribution in [0, 0.1) is 6.92 Å². The van der Waals surface area contributed by atoms with Crippen LogP contribution in [-0.2, 0) is 20.1 Å². The number of furan rings is 1. The third kappa shape index (κ3) is 5.28. The maximum atomic E-state index is 9.58. The molecule has 1 saturated heterocycles. The Labute approximate surface area is 180 Å². The molecule has 9 heteroatoms. The molecule has 0 aliphatic carbocycles. The number of aliphatic hydroxyl groups is 1. The number of rotatable bonds is 8. The summed E-state index contributed by atoms with van der Waals surface area (Å²) in [5, 5.41) is 19.2. The summed E-state index contributed by atoms with van der Waals surface area (Å²) in [6.07, 6.45) is 2.44. The predicted molar refractivity (Wildman–Crippen MR) is 114 cm³/mol. The molecule has 1 unspecified atom stereocenters. The number of aromatic nitrogens is 4. The number of aryl methyl sites for hydroxylation is 2. The van der Waals surface area contributed by atoms with E-state index in [1.165, 1.54) is 11.8 Å². The van der Waals surface area contributed by atoms with Gasteiger partial charge in [0.2, 0.25) is 0 Å². The Balaban J connectivity index is 1.35. The van der Waals surface area contributed by atoms with Gasteiger partial charge in [0.15, 0.2) is 10.2 Å². The lowest BCUT2D eigenvalue weighted by Crippen LogP contribution is -2.52. The smallest absolute Gasteiger partial charge is 0.198 e. The van der Waals surface area contributed by atoms with Crippen molar-refractivity contribution in [2.24, 2.45) is 7.05 Å². The summed E-state index contributed by atoms with van der Waals surface area (Å²) in [7, 11) is 1.92. The van der Waals surface area contributed by atoms with Crippen molar-refractivity contribution in [2.45, 2.75) is 42.7 Å². The highest BCUT2D eigenvalue weighted by Crippen LogP contribution is 2.28. The average Bonchev–Trinajstić information content (AvgIpc) is 3.33. The number of nitrogens with zero attached hydrogens (tertiary/aromatic N) is 6. The van der Waals surface area contributed by atoms with Gasteiger partial charge in [-0.1, -0.05) is 6.07 Å². The van der Waals surface area contributed by atoms with Gasteiger partial charge in [-0.2, -0.15) is 0 Å². The predicted octanol–water partition coefficient (Wildman–Crippen LogP) is 2.33. The van der Waals surface area contributed by atoms with Gasteiger partial charge in [-0.05, 0) is 49.4 Å². The topological polar surface area (TPSA) is 83.5 Å². The molecule has 1 aliphatic rings.